The van der Waals surface area contributed by atoms with Crippen molar-refractivity contribution in [1.82, 2.24) is 5.32 Å². The van der Waals surface area contributed by atoms with Gasteiger partial charge in [0.2, 0.25) is 0 Å². The molecule has 0 aliphatic heterocycles. The standard InChI is InChI=1S/C15H18FNOS/c1-3-17-9-12-7-8-13(19-12)10-18-14-6-4-5-11(2)15(14)16/h4-8,17H,3,9-10H2,1-2H3. The van der Waals surface area contributed by atoms with Gasteiger partial charge in [-0.2, -0.15) is 0 Å². The van der Waals surface area contributed by atoms with Crippen LogP contribution in [0.25, 0.3) is 0 Å². The molecule has 0 saturated heterocycles. The number of benzene rings is 1. The first kappa shape index (κ1) is 14.0. The maximum atomic E-state index is 13.7. The number of hydrogen-bond donors (Lipinski definition) is 1. The number of aryl methyl sites for hydroxylation is 1. The van der Waals surface area contributed by atoms with E-state index in [-0.39, 0.29) is 5.82 Å². The van der Waals surface area contributed by atoms with Gasteiger partial charge in [0.1, 0.15) is 6.61 Å². The van der Waals surface area contributed by atoms with E-state index in [2.05, 4.69) is 18.3 Å². The van der Waals surface area contributed by atoms with E-state index in [1.165, 1.54) is 4.88 Å². The van der Waals surface area contributed by atoms with Crippen LogP contribution < -0.4 is 10.1 Å². The molecule has 2 aromatic rings. The molecule has 0 bridgehead atoms. The largest absolute Gasteiger partial charge is 0.485 e. The molecule has 0 atom stereocenters. The van der Waals surface area contributed by atoms with Crippen LogP contribution in [-0.4, -0.2) is 6.54 Å². The first-order chi connectivity index (χ1) is 9.20. The van der Waals surface area contributed by atoms with Crippen LogP contribution in [-0.2, 0) is 13.2 Å². The van der Waals surface area contributed by atoms with Crippen molar-refractivity contribution in [3.8, 4) is 5.75 Å². The maximum Gasteiger partial charge on any atom is 0.167 e. The molecule has 0 spiro atoms. The molecule has 0 unspecified atom stereocenters. The van der Waals surface area contributed by atoms with E-state index in [0.29, 0.717) is 17.9 Å². The van der Waals surface area contributed by atoms with Gasteiger partial charge in [-0.3, -0.25) is 0 Å². The zero-order valence-corrected chi connectivity index (χ0v) is 12.0. The molecule has 2 rings (SSSR count). The highest BCUT2D eigenvalue weighted by Gasteiger charge is 2.07. The number of hydrogen-bond acceptors (Lipinski definition) is 3. The van der Waals surface area contributed by atoms with E-state index in [1.807, 2.05) is 6.07 Å². The average Bonchev–Trinajstić information content (AvgIpc) is 2.86. The van der Waals surface area contributed by atoms with Gasteiger partial charge in [-0.1, -0.05) is 19.1 Å². The third-order valence-electron chi connectivity index (χ3n) is 2.79. The van der Waals surface area contributed by atoms with Gasteiger partial charge in [-0.25, -0.2) is 4.39 Å². The monoisotopic (exact) mass is 279 g/mol. The van der Waals surface area contributed by atoms with Crippen LogP contribution in [0, 0.1) is 12.7 Å². The lowest BCUT2D eigenvalue weighted by atomic mass is 10.2. The molecule has 0 saturated carbocycles. The summed E-state index contributed by atoms with van der Waals surface area (Å²) in [4.78, 5) is 2.37. The maximum absolute atomic E-state index is 13.7. The molecule has 0 aliphatic rings. The Bertz CT molecular complexity index is 539. The van der Waals surface area contributed by atoms with Crippen molar-refractivity contribution < 1.29 is 9.13 Å². The highest BCUT2D eigenvalue weighted by Crippen LogP contribution is 2.23. The summed E-state index contributed by atoms with van der Waals surface area (Å²) in [6.45, 7) is 6.06. The smallest absolute Gasteiger partial charge is 0.167 e. The molecular formula is C15H18FNOS. The highest BCUT2D eigenvalue weighted by molar-refractivity contribution is 7.11. The zero-order valence-electron chi connectivity index (χ0n) is 11.2. The Hall–Kier alpha value is -1.39. The lowest BCUT2D eigenvalue weighted by Crippen LogP contribution is -2.10. The third kappa shape index (κ3) is 3.78. The van der Waals surface area contributed by atoms with Crippen LogP contribution in [0.15, 0.2) is 30.3 Å². The fourth-order valence-electron chi connectivity index (χ4n) is 1.72. The summed E-state index contributed by atoms with van der Waals surface area (Å²) >= 11 is 1.69. The molecule has 1 N–H and O–H groups in total. The van der Waals surface area contributed by atoms with Crippen molar-refractivity contribution in [2.75, 3.05) is 6.54 Å². The lowest BCUT2D eigenvalue weighted by molar-refractivity contribution is 0.293. The molecule has 2 nitrogen and oxygen atoms in total. The van der Waals surface area contributed by atoms with Crippen LogP contribution in [0.3, 0.4) is 0 Å². The minimum atomic E-state index is -0.271. The molecular weight excluding hydrogens is 261 g/mol. The second kappa shape index (κ2) is 6.68. The van der Waals surface area contributed by atoms with Crippen LogP contribution in [0.1, 0.15) is 22.2 Å². The first-order valence-electron chi connectivity index (χ1n) is 6.37. The Morgan fingerprint density at radius 3 is 2.79 bits per heavy atom. The normalized spacial score (nSPS) is 10.7. The van der Waals surface area contributed by atoms with Gasteiger partial charge < -0.3 is 10.1 Å². The van der Waals surface area contributed by atoms with Gasteiger partial charge in [0, 0.05) is 16.3 Å². The number of halogens is 1. The first-order valence-corrected chi connectivity index (χ1v) is 7.18. The van der Waals surface area contributed by atoms with E-state index in [9.17, 15) is 4.39 Å². The SMILES string of the molecule is CCNCc1ccc(COc2cccc(C)c2F)s1. The zero-order chi connectivity index (χ0) is 13.7. The van der Waals surface area contributed by atoms with E-state index < -0.39 is 0 Å². The Kier molecular flexibility index (Phi) is 4.93. The second-order valence-corrected chi connectivity index (χ2v) is 5.58. The van der Waals surface area contributed by atoms with Gasteiger partial charge in [-0.05, 0) is 37.2 Å². The Morgan fingerprint density at radius 2 is 2.00 bits per heavy atom. The fraction of sp³-hybridized carbons (Fsp3) is 0.333. The molecule has 0 radical (unpaired) electrons. The molecule has 19 heavy (non-hydrogen) atoms. The van der Waals surface area contributed by atoms with Crippen LogP contribution >= 0.6 is 11.3 Å². The Balaban J connectivity index is 1.95. The van der Waals surface area contributed by atoms with Crippen LogP contribution in [0.4, 0.5) is 4.39 Å². The minimum absolute atomic E-state index is 0.271. The van der Waals surface area contributed by atoms with Gasteiger partial charge >= 0.3 is 0 Å². The van der Waals surface area contributed by atoms with E-state index in [1.54, 1.807) is 36.5 Å². The van der Waals surface area contributed by atoms with E-state index >= 15 is 0 Å². The van der Waals surface area contributed by atoms with E-state index in [0.717, 1.165) is 18.0 Å². The molecule has 0 fully saturated rings. The number of thiophene rings is 1. The number of ether oxygens (including phenoxy) is 1. The van der Waals surface area contributed by atoms with Gasteiger partial charge in [0.15, 0.2) is 11.6 Å². The summed E-state index contributed by atoms with van der Waals surface area (Å²) in [5.41, 5.74) is 0.608. The van der Waals surface area contributed by atoms with Crippen molar-refractivity contribution in [3.05, 3.63) is 51.5 Å². The summed E-state index contributed by atoms with van der Waals surface area (Å²) in [6, 6.07) is 9.32. The summed E-state index contributed by atoms with van der Waals surface area (Å²) in [7, 11) is 0. The minimum Gasteiger partial charge on any atom is -0.485 e. The average molecular weight is 279 g/mol. The van der Waals surface area contributed by atoms with Gasteiger partial charge in [-0.15, -0.1) is 11.3 Å². The highest BCUT2D eigenvalue weighted by atomic mass is 32.1. The molecule has 1 aromatic carbocycles. The molecule has 4 heteroatoms. The topological polar surface area (TPSA) is 21.3 Å². The third-order valence-corrected chi connectivity index (χ3v) is 3.85. The van der Waals surface area contributed by atoms with Crippen molar-refractivity contribution in [2.24, 2.45) is 0 Å². The van der Waals surface area contributed by atoms with Gasteiger partial charge in [0.25, 0.3) is 0 Å². The molecule has 1 heterocycles. The summed E-state index contributed by atoms with van der Waals surface area (Å²) in [6.07, 6.45) is 0. The molecule has 0 aliphatic carbocycles. The summed E-state index contributed by atoms with van der Waals surface area (Å²) in [5.74, 6) is 0.0496. The predicted octanol–water partition coefficient (Wildman–Crippen LogP) is 3.88. The summed E-state index contributed by atoms with van der Waals surface area (Å²) in [5, 5.41) is 3.28. The molecule has 0 amide bonds. The number of nitrogens with one attached hydrogen (secondary N) is 1. The quantitative estimate of drug-likeness (QED) is 0.866. The van der Waals surface area contributed by atoms with Crippen molar-refractivity contribution in [2.45, 2.75) is 27.0 Å². The predicted molar refractivity (Wildman–Crippen MR) is 77.2 cm³/mol. The van der Waals surface area contributed by atoms with Crippen molar-refractivity contribution >= 4 is 11.3 Å². The summed E-state index contributed by atoms with van der Waals surface area (Å²) < 4.78 is 19.3. The number of rotatable bonds is 6. The van der Waals surface area contributed by atoms with Crippen LogP contribution in [0.5, 0.6) is 5.75 Å². The molecule has 1 aromatic heterocycles. The Morgan fingerprint density at radius 1 is 1.21 bits per heavy atom. The fourth-order valence-corrected chi connectivity index (χ4v) is 2.62. The van der Waals surface area contributed by atoms with Crippen molar-refractivity contribution in [3.63, 3.8) is 0 Å². The lowest BCUT2D eigenvalue weighted by Gasteiger charge is -2.07. The van der Waals surface area contributed by atoms with Gasteiger partial charge in [0.05, 0.1) is 0 Å². The van der Waals surface area contributed by atoms with E-state index in [4.69, 9.17) is 4.74 Å². The van der Waals surface area contributed by atoms with Crippen LogP contribution in [0.2, 0.25) is 0 Å². The Labute approximate surface area is 117 Å². The van der Waals surface area contributed by atoms with Crippen molar-refractivity contribution in [1.29, 1.82) is 0 Å². The molecule has 102 valence electrons. The second-order valence-electron chi connectivity index (χ2n) is 4.32.